The van der Waals surface area contributed by atoms with Crippen molar-refractivity contribution in [3.05, 3.63) is 45.4 Å². The summed E-state index contributed by atoms with van der Waals surface area (Å²) in [4.78, 5) is 4.14. The Morgan fingerprint density at radius 1 is 1.47 bits per heavy atom. The lowest BCUT2D eigenvalue weighted by atomic mass is 10.1. The molecule has 0 spiro atoms. The van der Waals surface area contributed by atoms with Crippen LogP contribution in [0.2, 0.25) is 0 Å². The van der Waals surface area contributed by atoms with Gasteiger partial charge in [0.1, 0.15) is 0 Å². The maximum Gasteiger partial charge on any atom is 0.0846 e. The highest BCUT2D eigenvalue weighted by molar-refractivity contribution is 9.10. The fourth-order valence-corrected chi connectivity index (χ4v) is 2.90. The Hall–Kier alpha value is -1.20. The van der Waals surface area contributed by atoms with Gasteiger partial charge in [0.2, 0.25) is 0 Å². The molecule has 0 aliphatic rings. The van der Waals surface area contributed by atoms with Crippen molar-refractivity contribution in [3.8, 4) is 0 Å². The van der Waals surface area contributed by atoms with Crippen LogP contribution in [-0.4, -0.2) is 19.9 Å². The maximum absolute atomic E-state index is 10.3. The van der Waals surface area contributed by atoms with Crippen LogP contribution in [0, 0.1) is 6.92 Å². The monoisotopic (exact) mass is 323 g/mol. The fourth-order valence-electron chi connectivity index (χ4n) is 2.12. The Bertz CT molecular complexity index is 580. The van der Waals surface area contributed by atoms with Gasteiger partial charge in [-0.2, -0.15) is 5.10 Å². The third kappa shape index (κ3) is 3.04. The van der Waals surface area contributed by atoms with E-state index in [4.69, 9.17) is 0 Å². The highest BCUT2D eigenvalue weighted by atomic mass is 79.9. The molecule has 5 heteroatoms. The van der Waals surface area contributed by atoms with Gasteiger partial charge in [0.15, 0.2) is 0 Å². The van der Waals surface area contributed by atoms with Gasteiger partial charge < -0.3 is 5.11 Å². The van der Waals surface area contributed by atoms with Gasteiger partial charge in [-0.25, -0.2) is 0 Å². The van der Waals surface area contributed by atoms with Crippen molar-refractivity contribution >= 4 is 15.9 Å². The lowest BCUT2D eigenvalue weighted by molar-refractivity contribution is 0.175. The molecule has 1 unspecified atom stereocenters. The van der Waals surface area contributed by atoms with Crippen LogP contribution in [0.15, 0.2) is 22.8 Å². The van der Waals surface area contributed by atoms with Crippen LogP contribution < -0.4 is 0 Å². The molecule has 2 aromatic heterocycles. The molecule has 4 nitrogen and oxygen atoms in total. The molecule has 0 bridgehead atoms. The smallest absolute Gasteiger partial charge is 0.0846 e. The molecule has 0 saturated heterocycles. The van der Waals surface area contributed by atoms with E-state index >= 15 is 0 Å². The van der Waals surface area contributed by atoms with Gasteiger partial charge in [-0.3, -0.25) is 9.67 Å². The second-order valence-electron chi connectivity index (χ2n) is 4.64. The van der Waals surface area contributed by atoms with E-state index < -0.39 is 6.10 Å². The van der Waals surface area contributed by atoms with Crippen LogP contribution in [-0.2, 0) is 19.9 Å². The molecule has 0 amide bonds. The zero-order valence-corrected chi connectivity index (χ0v) is 13.0. The molecule has 102 valence electrons. The first-order valence-corrected chi connectivity index (χ1v) is 7.13. The first-order chi connectivity index (χ1) is 9.02. The van der Waals surface area contributed by atoms with E-state index in [2.05, 4.69) is 32.9 Å². The number of pyridine rings is 1. The first kappa shape index (κ1) is 14.2. The molecule has 19 heavy (non-hydrogen) atoms. The summed E-state index contributed by atoms with van der Waals surface area (Å²) in [5.41, 5.74) is 3.84. The van der Waals surface area contributed by atoms with E-state index in [0.29, 0.717) is 6.42 Å². The molecule has 0 aliphatic heterocycles. The summed E-state index contributed by atoms with van der Waals surface area (Å²) < 4.78 is 2.84. The van der Waals surface area contributed by atoms with Crippen LogP contribution >= 0.6 is 15.9 Å². The van der Waals surface area contributed by atoms with Crippen LogP contribution in [0.1, 0.15) is 35.7 Å². The molecule has 2 rings (SSSR count). The highest BCUT2D eigenvalue weighted by Crippen LogP contribution is 2.26. The van der Waals surface area contributed by atoms with Crippen molar-refractivity contribution in [2.45, 2.75) is 32.8 Å². The lowest BCUT2D eigenvalue weighted by Gasteiger charge is -2.12. The molecule has 0 fully saturated rings. The van der Waals surface area contributed by atoms with Crippen molar-refractivity contribution in [1.29, 1.82) is 0 Å². The van der Waals surface area contributed by atoms with E-state index in [1.54, 1.807) is 6.20 Å². The average molecular weight is 324 g/mol. The predicted molar refractivity (Wildman–Crippen MR) is 77.9 cm³/mol. The number of rotatable bonds is 4. The minimum atomic E-state index is -0.543. The van der Waals surface area contributed by atoms with E-state index in [-0.39, 0.29) is 0 Å². The molecule has 0 radical (unpaired) electrons. The summed E-state index contributed by atoms with van der Waals surface area (Å²) in [5, 5.41) is 14.8. The molecule has 0 aliphatic carbocycles. The number of hydrogen-bond acceptors (Lipinski definition) is 3. The zero-order chi connectivity index (χ0) is 14.0. The first-order valence-electron chi connectivity index (χ1n) is 6.33. The van der Waals surface area contributed by atoms with E-state index in [9.17, 15) is 5.11 Å². The normalized spacial score (nSPS) is 12.7. The summed E-state index contributed by atoms with van der Waals surface area (Å²) in [6.45, 7) is 3.99. The average Bonchev–Trinajstić information content (AvgIpc) is 2.66. The van der Waals surface area contributed by atoms with Crippen molar-refractivity contribution < 1.29 is 5.11 Å². The summed E-state index contributed by atoms with van der Waals surface area (Å²) in [7, 11) is 1.91. The molecule has 0 saturated carbocycles. The largest absolute Gasteiger partial charge is 0.388 e. The Balaban J connectivity index is 2.24. The van der Waals surface area contributed by atoms with E-state index in [1.807, 2.05) is 30.8 Å². The van der Waals surface area contributed by atoms with Gasteiger partial charge >= 0.3 is 0 Å². The topological polar surface area (TPSA) is 50.9 Å². The predicted octanol–water partition coefficient (Wildman–Crippen LogP) is 2.72. The molecule has 0 aromatic carbocycles. The van der Waals surface area contributed by atoms with Gasteiger partial charge in [-0.05, 0) is 47.0 Å². The van der Waals surface area contributed by atoms with Crippen LogP contribution in [0.4, 0.5) is 0 Å². The zero-order valence-electron chi connectivity index (χ0n) is 11.4. The molecule has 2 heterocycles. The Kier molecular flexibility index (Phi) is 4.37. The molecule has 2 aromatic rings. The lowest BCUT2D eigenvalue weighted by Crippen LogP contribution is -2.07. The number of aromatic nitrogens is 3. The number of nitrogens with zero attached hydrogens (tertiary/aromatic N) is 3. The second kappa shape index (κ2) is 5.84. The van der Waals surface area contributed by atoms with Crippen molar-refractivity contribution in [3.63, 3.8) is 0 Å². The second-order valence-corrected chi connectivity index (χ2v) is 5.43. The number of halogens is 1. The summed E-state index contributed by atoms with van der Waals surface area (Å²) in [5.74, 6) is 0. The number of hydrogen-bond donors (Lipinski definition) is 1. The van der Waals surface area contributed by atoms with E-state index in [1.165, 1.54) is 0 Å². The van der Waals surface area contributed by atoms with Gasteiger partial charge in [0.25, 0.3) is 0 Å². The Labute approximate surface area is 121 Å². The number of aliphatic hydroxyl groups is 1. The van der Waals surface area contributed by atoms with Gasteiger partial charge in [-0.1, -0.05) is 6.92 Å². The van der Waals surface area contributed by atoms with Gasteiger partial charge in [0.05, 0.1) is 22.0 Å². The fraction of sp³-hybridized carbons (Fsp3) is 0.429. The van der Waals surface area contributed by atoms with Crippen LogP contribution in [0.3, 0.4) is 0 Å². The highest BCUT2D eigenvalue weighted by Gasteiger charge is 2.17. The summed E-state index contributed by atoms with van der Waals surface area (Å²) in [6.07, 6.45) is 2.59. The van der Waals surface area contributed by atoms with Gasteiger partial charge in [0, 0.05) is 25.4 Å². The van der Waals surface area contributed by atoms with Crippen molar-refractivity contribution in [2.75, 3.05) is 0 Å². The molecule has 1 atom stereocenters. The quantitative estimate of drug-likeness (QED) is 0.941. The Morgan fingerprint density at radius 3 is 2.79 bits per heavy atom. The standard InChI is InChI=1S/C14H18BrN3O/c1-4-11-14(15)12(18(3)17-11)8-13(19)10-5-6-16-9(2)7-10/h5-7,13,19H,4,8H2,1-3H3. The molecular formula is C14H18BrN3O. The van der Waals surface area contributed by atoms with Crippen LogP contribution in [0.25, 0.3) is 0 Å². The van der Waals surface area contributed by atoms with Crippen LogP contribution in [0.5, 0.6) is 0 Å². The Morgan fingerprint density at radius 2 is 2.21 bits per heavy atom. The minimum absolute atomic E-state index is 0.535. The third-order valence-corrected chi connectivity index (χ3v) is 4.11. The van der Waals surface area contributed by atoms with Gasteiger partial charge in [-0.15, -0.1) is 0 Å². The minimum Gasteiger partial charge on any atom is -0.388 e. The van der Waals surface area contributed by atoms with E-state index in [0.717, 1.165) is 33.5 Å². The molecule has 1 N–H and O–H groups in total. The number of aryl methyl sites for hydroxylation is 3. The maximum atomic E-state index is 10.3. The third-order valence-electron chi connectivity index (χ3n) is 3.20. The van der Waals surface area contributed by atoms with Crippen molar-refractivity contribution in [1.82, 2.24) is 14.8 Å². The SMILES string of the molecule is CCc1nn(C)c(CC(O)c2ccnc(C)c2)c1Br. The number of aliphatic hydroxyl groups excluding tert-OH is 1. The summed E-state index contributed by atoms with van der Waals surface area (Å²) >= 11 is 3.57. The van der Waals surface area contributed by atoms with Crippen molar-refractivity contribution in [2.24, 2.45) is 7.05 Å². The molecular weight excluding hydrogens is 306 g/mol. The summed E-state index contributed by atoms with van der Waals surface area (Å²) in [6, 6.07) is 3.76.